The number of para-hydroxylation sites is 1. The van der Waals surface area contributed by atoms with Crippen molar-refractivity contribution in [3.05, 3.63) is 53.6 Å². The van der Waals surface area contributed by atoms with Crippen LogP contribution in [-0.4, -0.2) is 31.2 Å². The van der Waals surface area contributed by atoms with Crippen LogP contribution in [0, 0.1) is 11.8 Å². The summed E-state index contributed by atoms with van der Waals surface area (Å²) in [7, 11) is 0. The Hall–Kier alpha value is -3.22. The molecule has 2 amide bonds. The van der Waals surface area contributed by atoms with E-state index in [1.165, 1.54) is 25.7 Å². The van der Waals surface area contributed by atoms with Crippen LogP contribution in [-0.2, 0) is 11.3 Å². The Morgan fingerprint density at radius 2 is 1.71 bits per heavy atom. The van der Waals surface area contributed by atoms with Gasteiger partial charge in [-0.2, -0.15) is 0 Å². The van der Waals surface area contributed by atoms with Crippen LogP contribution in [0.4, 0.5) is 5.69 Å². The zero-order valence-electron chi connectivity index (χ0n) is 17.4. The zero-order chi connectivity index (χ0) is 21.2. The Labute approximate surface area is 181 Å². The first-order valence-electron chi connectivity index (χ1n) is 11.0. The van der Waals surface area contributed by atoms with Crippen LogP contribution in [0.2, 0.25) is 0 Å². The molecule has 0 radical (unpaired) electrons. The molecule has 31 heavy (non-hydrogen) atoms. The lowest BCUT2D eigenvalue weighted by Crippen LogP contribution is -2.41. The Balaban J connectivity index is 1.16. The van der Waals surface area contributed by atoms with Gasteiger partial charge in [0.25, 0.3) is 5.91 Å². The molecule has 2 aromatic carbocycles. The third-order valence-electron chi connectivity index (χ3n) is 6.09. The molecule has 0 saturated heterocycles. The molecule has 162 valence electrons. The lowest BCUT2D eigenvalue weighted by molar-refractivity contribution is -0.120. The topological polar surface area (TPSA) is 88.7 Å². The summed E-state index contributed by atoms with van der Waals surface area (Å²) >= 11 is 0. The summed E-state index contributed by atoms with van der Waals surface area (Å²) < 4.78 is 10.7. The number of amides is 2. The van der Waals surface area contributed by atoms with Crippen molar-refractivity contribution in [2.24, 2.45) is 11.8 Å². The van der Waals surface area contributed by atoms with E-state index in [2.05, 4.69) is 16.0 Å². The van der Waals surface area contributed by atoms with Crippen LogP contribution in [0.15, 0.2) is 42.5 Å². The van der Waals surface area contributed by atoms with Crippen LogP contribution in [0.25, 0.3) is 0 Å². The van der Waals surface area contributed by atoms with Gasteiger partial charge in [0.1, 0.15) is 0 Å². The molecule has 0 unspecified atom stereocenters. The number of hydrogen-bond acceptors (Lipinski definition) is 5. The molecule has 5 rings (SSSR count). The van der Waals surface area contributed by atoms with Crippen LogP contribution in [0.5, 0.6) is 11.5 Å². The fraction of sp³-hybridized carbons (Fsp3) is 0.417. The van der Waals surface area contributed by atoms with Crippen molar-refractivity contribution in [1.29, 1.82) is 0 Å². The fourth-order valence-electron chi connectivity index (χ4n) is 4.11. The average Bonchev–Trinajstić information content (AvgIpc) is 3.72. The van der Waals surface area contributed by atoms with Crippen LogP contribution in [0.1, 0.15) is 41.6 Å². The first-order chi connectivity index (χ1) is 15.2. The summed E-state index contributed by atoms with van der Waals surface area (Å²) in [6.07, 6.45) is 4.89. The minimum Gasteiger partial charge on any atom is -0.454 e. The van der Waals surface area contributed by atoms with Crippen LogP contribution >= 0.6 is 0 Å². The third-order valence-corrected chi connectivity index (χ3v) is 6.09. The van der Waals surface area contributed by atoms with E-state index >= 15 is 0 Å². The van der Waals surface area contributed by atoms with Crippen molar-refractivity contribution in [2.75, 3.05) is 18.7 Å². The summed E-state index contributed by atoms with van der Waals surface area (Å²) in [5, 5.41) is 9.28. The number of hydrogen-bond donors (Lipinski definition) is 3. The van der Waals surface area contributed by atoms with Gasteiger partial charge in [-0.15, -0.1) is 0 Å². The second-order valence-electron chi connectivity index (χ2n) is 8.54. The molecule has 3 N–H and O–H groups in total. The molecule has 0 spiro atoms. The molecule has 7 heteroatoms. The number of carbonyl (C=O) groups excluding carboxylic acids is 2. The highest BCUT2D eigenvalue weighted by molar-refractivity contribution is 6.00. The number of nitrogens with one attached hydrogen (secondary N) is 3. The summed E-state index contributed by atoms with van der Waals surface area (Å²) in [5.74, 6) is 2.51. The number of fused-ring (bicyclic) bond motifs is 1. The van der Waals surface area contributed by atoms with E-state index < -0.39 is 0 Å². The average molecular weight is 421 g/mol. The minimum absolute atomic E-state index is 0.0145. The molecular weight excluding hydrogens is 394 g/mol. The van der Waals surface area contributed by atoms with Gasteiger partial charge in [0.15, 0.2) is 11.5 Å². The molecule has 2 saturated carbocycles. The van der Waals surface area contributed by atoms with E-state index in [1.807, 2.05) is 36.4 Å². The Bertz CT molecular complexity index is 973. The molecule has 1 aliphatic heterocycles. The Kier molecular flexibility index (Phi) is 5.40. The lowest BCUT2D eigenvalue weighted by Gasteiger charge is -2.18. The second-order valence-corrected chi connectivity index (χ2v) is 8.54. The monoisotopic (exact) mass is 421 g/mol. The van der Waals surface area contributed by atoms with Gasteiger partial charge < -0.3 is 25.4 Å². The zero-order valence-corrected chi connectivity index (χ0v) is 17.4. The van der Waals surface area contributed by atoms with Crippen molar-refractivity contribution in [2.45, 2.75) is 38.3 Å². The molecule has 0 aromatic heterocycles. The van der Waals surface area contributed by atoms with Gasteiger partial charge in [-0.1, -0.05) is 18.2 Å². The normalized spacial score (nSPS) is 16.8. The van der Waals surface area contributed by atoms with Crippen LogP contribution < -0.4 is 25.4 Å². The minimum atomic E-state index is -0.199. The van der Waals surface area contributed by atoms with Gasteiger partial charge in [0.05, 0.1) is 12.1 Å². The molecule has 1 heterocycles. The van der Waals surface area contributed by atoms with Crippen molar-refractivity contribution in [1.82, 2.24) is 10.6 Å². The van der Waals surface area contributed by atoms with Gasteiger partial charge in [-0.05, 0) is 67.3 Å². The van der Waals surface area contributed by atoms with Crippen molar-refractivity contribution in [3.63, 3.8) is 0 Å². The maximum absolute atomic E-state index is 12.8. The summed E-state index contributed by atoms with van der Waals surface area (Å²) in [6.45, 7) is 0.747. The summed E-state index contributed by atoms with van der Waals surface area (Å²) in [5.41, 5.74) is 2.08. The summed E-state index contributed by atoms with van der Waals surface area (Å²) in [6, 6.07) is 13.2. The van der Waals surface area contributed by atoms with Gasteiger partial charge in [-0.3, -0.25) is 9.59 Å². The molecule has 2 aliphatic carbocycles. The molecule has 2 fully saturated rings. The molecule has 7 nitrogen and oxygen atoms in total. The largest absolute Gasteiger partial charge is 0.454 e. The molecule has 2 aromatic rings. The van der Waals surface area contributed by atoms with Crippen molar-refractivity contribution in [3.8, 4) is 11.5 Å². The quantitative estimate of drug-likeness (QED) is 0.579. The first kappa shape index (κ1) is 19.7. The SMILES string of the molecule is O=C(CNc1ccccc1C(=O)NCc1ccc2c(c1)OCO2)NC(C1CC1)C1CC1. The van der Waals surface area contributed by atoms with Crippen LogP contribution in [0.3, 0.4) is 0 Å². The number of anilines is 1. The maximum Gasteiger partial charge on any atom is 0.253 e. The Morgan fingerprint density at radius 3 is 2.48 bits per heavy atom. The summed E-state index contributed by atoms with van der Waals surface area (Å²) in [4.78, 5) is 25.3. The fourth-order valence-corrected chi connectivity index (χ4v) is 4.11. The highest BCUT2D eigenvalue weighted by atomic mass is 16.7. The highest BCUT2D eigenvalue weighted by Crippen LogP contribution is 2.44. The van der Waals surface area contributed by atoms with E-state index in [1.54, 1.807) is 6.07 Å². The van der Waals surface area contributed by atoms with Gasteiger partial charge in [0.2, 0.25) is 12.7 Å². The Morgan fingerprint density at radius 1 is 0.968 bits per heavy atom. The lowest BCUT2D eigenvalue weighted by atomic mass is 10.1. The van der Waals surface area contributed by atoms with Crippen molar-refractivity contribution < 1.29 is 19.1 Å². The van der Waals surface area contributed by atoms with Crippen molar-refractivity contribution >= 4 is 17.5 Å². The molecular formula is C24H27N3O4. The van der Waals surface area contributed by atoms with E-state index in [4.69, 9.17) is 9.47 Å². The molecule has 0 atom stereocenters. The van der Waals surface area contributed by atoms with E-state index in [0.717, 1.165) is 5.56 Å². The maximum atomic E-state index is 12.8. The molecule has 0 bridgehead atoms. The van der Waals surface area contributed by atoms with E-state index in [-0.39, 0.29) is 25.2 Å². The van der Waals surface area contributed by atoms with E-state index in [0.29, 0.717) is 47.2 Å². The third kappa shape index (κ3) is 4.76. The second kappa shape index (κ2) is 8.49. The number of rotatable bonds is 9. The number of ether oxygens (including phenoxy) is 2. The van der Waals surface area contributed by atoms with E-state index in [9.17, 15) is 9.59 Å². The predicted octanol–water partition coefficient (Wildman–Crippen LogP) is 3.06. The number of carbonyl (C=O) groups is 2. The van der Waals surface area contributed by atoms with Gasteiger partial charge in [0, 0.05) is 18.3 Å². The predicted molar refractivity (Wildman–Crippen MR) is 116 cm³/mol. The number of benzene rings is 2. The first-order valence-corrected chi connectivity index (χ1v) is 11.0. The smallest absolute Gasteiger partial charge is 0.253 e. The standard InChI is InChI=1S/C24H27N3O4/c28-22(27-23(16-6-7-16)17-8-9-17)13-25-19-4-2-1-3-18(19)24(29)26-12-15-5-10-20-21(11-15)31-14-30-20/h1-5,10-11,16-17,23,25H,6-9,12-14H2,(H,26,29)(H,27,28). The highest BCUT2D eigenvalue weighted by Gasteiger charge is 2.42. The molecule has 3 aliphatic rings. The van der Waals surface area contributed by atoms with Gasteiger partial charge in [-0.25, -0.2) is 0 Å². The van der Waals surface area contributed by atoms with Gasteiger partial charge >= 0.3 is 0 Å².